The molecule has 1 heterocycles. The molecule has 1 aromatic carbocycles. The van der Waals surface area contributed by atoms with E-state index in [9.17, 15) is 4.79 Å². The molecule has 2 aromatic rings. The normalized spacial score (nSPS) is 10.7. The van der Waals surface area contributed by atoms with Crippen molar-refractivity contribution in [3.05, 3.63) is 38.5 Å². The lowest BCUT2D eigenvalue weighted by Crippen LogP contribution is -2.08. The van der Waals surface area contributed by atoms with E-state index in [1.54, 1.807) is 13.8 Å². The van der Waals surface area contributed by atoms with Crippen LogP contribution in [0.3, 0.4) is 0 Å². The average Bonchev–Trinajstić information content (AvgIpc) is 2.67. The number of carbonyl (C=O) groups is 1. The van der Waals surface area contributed by atoms with Crippen LogP contribution in [0.2, 0.25) is 15.1 Å². The molecule has 0 saturated carbocycles. The van der Waals surface area contributed by atoms with E-state index in [0.29, 0.717) is 16.3 Å². The molecule has 0 spiro atoms. The number of benzene rings is 1. The number of nitrogens with zero attached hydrogens (tertiary/aromatic N) is 2. The van der Waals surface area contributed by atoms with Gasteiger partial charge in [0.2, 0.25) is 0 Å². The minimum absolute atomic E-state index is 0.122. The van der Waals surface area contributed by atoms with E-state index in [0.717, 1.165) is 0 Å². The largest absolute Gasteiger partial charge is 0.461 e. The minimum Gasteiger partial charge on any atom is -0.461 e. The summed E-state index contributed by atoms with van der Waals surface area (Å²) in [4.78, 5) is 11.8. The van der Waals surface area contributed by atoms with Crippen molar-refractivity contribution in [3.8, 4) is 5.69 Å². The van der Waals surface area contributed by atoms with E-state index < -0.39 is 5.97 Å². The van der Waals surface area contributed by atoms with E-state index in [1.807, 2.05) is 0 Å². The maximum atomic E-state index is 11.8. The molecule has 0 aliphatic rings. The summed E-state index contributed by atoms with van der Waals surface area (Å²) in [7, 11) is 0. The molecule has 0 fully saturated rings. The summed E-state index contributed by atoms with van der Waals surface area (Å²) in [5, 5.41) is 5.10. The van der Waals surface area contributed by atoms with Gasteiger partial charge in [0.25, 0.3) is 0 Å². The number of nitrogen functional groups attached to an aromatic ring is 1. The number of rotatable bonds is 3. The maximum Gasteiger partial charge on any atom is 0.359 e. The van der Waals surface area contributed by atoms with Crippen LogP contribution in [0.15, 0.2) is 12.1 Å². The average molecular weight is 349 g/mol. The van der Waals surface area contributed by atoms with Gasteiger partial charge in [0, 0.05) is 10.6 Å². The summed E-state index contributed by atoms with van der Waals surface area (Å²) in [5.74, 6) is -0.300. The van der Waals surface area contributed by atoms with E-state index in [2.05, 4.69) is 5.10 Å². The molecule has 0 saturated heterocycles. The lowest BCUT2D eigenvalue weighted by molar-refractivity contribution is 0.0518. The first-order valence-corrected chi connectivity index (χ1v) is 7.17. The Bertz CT molecular complexity index is 690. The third-order valence-electron chi connectivity index (χ3n) is 2.83. The zero-order chi connectivity index (χ0) is 15.7. The molecule has 2 N–H and O–H groups in total. The van der Waals surface area contributed by atoms with Gasteiger partial charge in [-0.25, -0.2) is 9.48 Å². The van der Waals surface area contributed by atoms with Gasteiger partial charge >= 0.3 is 5.97 Å². The van der Waals surface area contributed by atoms with Crippen molar-refractivity contribution in [2.45, 2.75) is 13.8 Å². The molecule has 0 unspecified atom stereocenters. The topological polar surface area (TPSA) is 70.1 Å². The molecule has 0 radical (unpaired) electrons. The Morgan fingerprint density at radius 1 is 1.33 bits per heavy atom. The third-order valence-corrected chi connectivity index (χ3v) is 3.62. The number of hydrogen-bond donors (Lipinski definition) is 1. The molecule has 112 valence electrons. The Balaban J connectivity index is 2.61. The quantitative estimate of drug-likeness (QED) is 0.854. The summed E-state index contributed by atoms with van der Waals surface area (Å²) >= 11 is 18.2. The summed E-state index contributed by atoms with van der Waals surface area (Å²) < 4.78 is 6.24. The van der Waals surface area contributed by atoms with Crippen LogP contribution in [-0.4, -0.2) is 22.4 Å². The number of carbonyl (C=O) groups excluding carboxylic acids is 1. The van der Waals surface area contributed by atoms with Crippen LogP contribution in [0.5, 0.6) is 0 Å². The molecule has 0 aliphatic heterocycles. The van der Waals surface area contributed by atoms with Gasteiger partial charge in [-0.1, -0.05) is 34.8 Å². The van der Waals surface area contributed by atoms with E-state index >= 15 is 0 Å². The van der Waals surface area contributed by atoms with Crippen molar-refractivity contribution >= 4 is 46.6 Å². The highest BCUT2D eigenvalue weighted by molar-refractivity contribution is 6.40. The summed E-state index contributed by atoms with van der Waals surface area (Å²) in [5.41, 5.74) is 6.97. The fraction of sp³-hybridized carbons (Fsp3) is 0.231. The molecular formula is C13H12Cl3N3O2. The first kappa shape index (κ1) is 15.9. The Morgan fingerprint density at radius 2 is 1.90 bits per heavy atom. The van der Waals surface area contributed by atoms with Crippen molar-refractivity contribution in [3.63, 3.8) is 0 Å². The Morgan fingerprint density at radius 3 is 2.43 bits per heavy atom. The van der Waals surface area contributed by atoms with Gasteiger partial charge in [0.15, 0.2) is 5.69 Å². The van der Waals surface area contributed by atoms with Crippen LogP contribution in [-0.2, 0) is 4.74 Å². The minimum atomic E-state index is -0.554. The number of aromatic nitrogens is 2. The molecule has 5 nitrogen and oxygen atoms in total. The van der Waals surface area contributed by atoms with Crippen molar-refractivity contribution in [1.29, 1.82) is 0 Å². The highest BCUT2D eigenvalue weighted by Crippen LogP contribution is 2.34. The van der Waals surface area contributed by atoms with Gasteiger partial charge in [0.05, 0.1) is 16.7 Å². The lowest BCUT2D eigenvalue weighted by Gasteiger charge is -2.09. The zero-order valence-electron chi connectivity index (χ0n) is 11.3. The van der Waals surface area contributed by atoms with Crippen LogP contribution >= 0.6 is 34.8 Å². The fourth-order valence-corrected chi connectivity index (χ4v) is 2.79. The molecule has 0 amide bonds. The summed E-state index contributed by atoms with van der Waals surface area (Å²) in [6.45, 7) is 3.62. The zero-order valence-corrected chi connectivity index (χ0v) is 13.6. The lowest BCUT2D eigenvalue weighted by atomic mass is 10.2. The molecular weight excluding hydrogens is 337 g/mol. The SMILES string of the molecule is CCOC(=O)c1nn(-c2c(Cl)cc(Cl)cc2Cl)c(N)c1C. The van der Waals surface area contributed by atoms with Crippen LogP contribution in [0.25, 0.3) is 5.69 Å². The van der Waals surface area contributed by atoms with Crippen LogP contribution in [0.4, 0.5) is 5.82 Å². The smallest absolute Gasteiger partial charge is 0.359 e. The van der Waals surface area contributed by atoms with E-state index in [1.165, 1.54) is 16.8 Å². The van der Waals surface area contributed by atoms with E-state index in [-0.39, 0.29) is 28.2 Å². The van der Waals surface area contributed by atoms with Crippen molar-refractivity contribution in [1.82, 2.24) is 9.78 Å². The van der Waals surface area contributed by atoms with Crippen molar-refractivity contribution < 1.29 is 9.53 Å². The van der Waals surface area contributed by atoms with Gasteiger partial charge in [-0.3, -0.25) is 0 Å². The number of hydrogen-bond acceptors (Lipinski definition) is 4. The number of ether oxygens (including phenoxy) is 1. The molecule has 0 atom stereocenters. The van der Waals surface area contributed by atoms with Gasteiger partial charge in [-0.05, 0) is 26.0 Å². The van der Waals surface area contributed by atoms with Crippen molar-refractivity contribution in [2.24, 2.45) is 0 Å². The summed E-state index contributed by atoms with van der Waals surface area (Å²) in [6.07, 6.45) is 0. The van der Waals surface area contributed by atoms with Gasteiger partial charge < -0.3 is 10.5 Å². The van der Waals surface area contributed by atoms with Crippen molar-refractivity contribution in [2.75, 3.05) is 12.3 Å². The maximum absolute atomic E-state index is 11.8. The number of nitrogens with two attached hydrogens (primary N) is 1. The molecule has 0 bridgehead atoms. The van der Waals surface area contributed by atoms with Gasteiger partial charge in [-0.15, -0.1) is 0 Å². The van der Waals surface area contributed by atoms with E-state index in [4.69, 9.17) is 45.3 Å². The Hall–Kier alpha value is -1.43. The number of esters is 1. The fourth-order valence-electron chi connectivity index (χ4n) is 1.81. The Labute approximate surface area is 136 Å². The predicted octanol–water partition coefficient (Wildman–Crippen LogP) is 3.90. The summed E-state index contributed by atoms with van der Waals surface area (Å²) in [6, 6.07) is 3.04. The van der Waals surface area contributed by atoms with Gasteiger partial charge in [0.1, 0.15) is 11.5 Å². The molecule has 1 aromatic heterocycles. The number of anilines is 1. The third kappa shape index (κ3) is 2.95. The predicted molar refractivity (Wildman–Crippen MR) is 83.7 cm³/mol. The highest BCUT2D eigenvalue weighted by Gasteiger charge is 2.22. The molecule has 2 rings (SSSR count). The first-order valence-electron chi connectivity index (χ1n) is 6.04. The van der Waals surface area contributed by atoms with Crippen LogP contribution < -0.4 is 5.73 Å². The monoisotopic (exact) mass is 347 g/mol. The van der Waals surface area contributed by atoms with Crippen LogP contribution in [0, 0.1) is 6.92 Å². The highest BCUT2D eigenvalue weighted by atomic mass is 35.5. The molecule has 8 heteroatoms. The van der Waals surface area contributed by atoms with Crippen LogP contribution in [0.1, 0.15) is 23.0 Å². The second kappa shape index (κ2) is 6.13. The Kier molecular flexibility index (Phi) is 4.66. The van der Waals surface area contributed by atoms with Gasteiger partial charge in [-0.2, -0.15) is 5.10 Å². The number of halogens is 3. The first-order chi connectivity index (χ1) is 9.86. The standard InChI is InChI=1S/C13H12Cl3N3O2/c1-3-21-13(20)10-6(2)12(17)19(18-10)11-8(15)4-7(14)5-9(11)16/h4-5H,3,17H2,1-2H3. The molecule has 0 aliphatic carbocycles. The second-order valence-electron chi connectivity index (χ2n) is 4.21. The molecule has 21 heavy (non-hydrogen) atoms. The second-order valence-corrected chi connectivity index (χ2v) is 5.46.